The Labute approximate surface area is 158 Å². The van der Waals surface area contributed by atoms with Crippen molar-refractivity contribution in [2.45, 2.75) is 42.8 Å². The molecule has 142 valence electrons. The average Bonchev–Trinajstić information content (AvgIpc) is 3.41. The molecule has 3 aliphatic rings. The number of ether oxygens (including phenoxy) is 2. The predicted molar refractivity (Wildman–Crippen MR) is 96.8 cm³/mol. The van der Waals surface area contributed by atoms with Gasteiger partial charge in [-0.05, 0) is 44.0 Å². The third kappa shape index (κ3) is 2.74. The summed E-state index contributed by atoms with van der Waals surface area (Å²) in [5, 5.41) is 0. The fourth-order valence-electron chi connectivity index (χ4n) is 3.72. The largest absolute Gasteiger partial charge is 0.494 e. The van der Waals surface area contributed by atoms with Crippen LogP contribution >= 0.6 is 0 Å². The smallest absolute Gasteiger partial charge is 0.243 e. The van der Waals surface area contributed by atoms with Crippen LogP contribution in [0.25, 0.3) is 0 Å². The second-order valence-corrected chi connectivity index (χ2v) is 9.26. The molecule has 2 fully saturated rings. The molecule has 1 saturated carbocycles. The van der Waals surface area contributed by atoms with Gasteiger partial charge in [0.25, 0.3) is 0 Å². The number of hydrogen-bond donors (Lipinski definition) is 0. The third-order valence-corrected chi connectivity index (χ3v) is 7.25. The van der Waals surface area contributed by atoms with Gasteiger partial charge in [0.15, 0.2) is 0 Å². The van der Waals surface area contributed by atoms with Gasteiger partial charge in [-0.2, -0.15) is 4.31 Å². The summed E-state index contributed by atoms with van der Waals surface area (Å²) in [5.41, 5.74) is 1.24. The standard InChI is InChI=1S/C19H21N3O4S/c1-2-25-14-5-7-15(8-6-14)27(23,24)22-11-19(12-22)16-9-20-18(13-3-4-13)21-17(16)10-26-19/h5-9,13H,2-4,10-12H2,1H3. The van der Waals surface area contributed by atoms with Crippen LogP contribution in [0.4, 0.5) is 0 Å². The van der Waals surface area contributed by atoms with Crippen LogP contribution in [0.5, 0.6) is 5.75 Å². The van der Waals surface area contributed by atoms with Crippen LogP contribution in [0.1, 0.15) is 42.8 Å². The molecule has 1 saturated heterocycles. The van der Waals surface area contributed by atoms with E-state index >= 15 is 0 Å². The van der Waals surface area contributed by atoms with Crippen LogP contribution in [-0.2, 0) is 27.0 Å². The van der Waals surface area contributed by atoms with Crippen molar-refractivity contribution in [1.29, 1.82) is 0 Å². The molecule has 0 unspecified atom stereocenters. The normalized spacial score (nSPS) is 21.1. The zero-order valence-corrected chi connectivity index (χ0v) is 15.9. The summed E-state index contributed by atoms with van der Waals surface area (Å²) in [6, 6.07) is 6.53. The minimum atomic E-state index is -3.55. The molecule has 0 amide bonds. The van der Waals surface area contributed by atoms with Gasteiger partial charge in [0.1, 0.15) is 17.2 Å². The van der Waals surface area contributed by atoms with Gasteiger partial charge in [0, 0.05) is 30.8 Å². The maximum Gasteiger partial charge on any atom is 0.243 e. The van der Waals surface area contributed by atoms with E-state index in [0.29, 0.717) is 38.0 Å². The van der Waals surface area contributed by atoms with Gasteiger partial charge in [0.2, 0.25) is 10.0 Å². The number of rotatable bonds is 5. The lowest BCUT2D eigenvalue weighted by Crippen LogP contribution is -2.61. The van der Waals surface area contributed by atoms with E-state index in [2.05, 4.69) is 9.97 Å². The average molecular weight is 387 g/mol. The third-order valence-electron chi connectivity index (χ3n) is 5.44. The lowest BCUT2D eigenvalue weighted by molar-refractivity contribution is -0.112. The van der Waals surface area contributed by atoms with Crippen molar-refractivity contribution in [1.82, 2.24) is 14.3 Å². The van der Waals surface area contributed by atoms with Crippen LogP contribution in [0, 0.1) is 0 Å². The second kappa shape index (κ2) is 5.98. The Bertz CT molecular complexity index is 981. The van der Waals surface area contributed by atoms with Crippen LogP contribution in [0.15, 0.2) is 35.4 Å². The molecule has 3 heterocycles. The number of sulfonamides is 1. The molecule has 2 aromatic rings. The highest BCUT2D eigenvalue weighted by atomic mass is 32.2. The van der Waals surface area contributed by atoms with Crippen molar-refractivity contribution in [2.24, 2.45) is 0 Å². The molecule has 1 spiro atoms. The summed E-state index contributed by atoms with van der Waals surface area (Å²) in [7, 11) is -3.55. The minimum Gasteiger partial charge on any atom is -0.494 e. The maximum atomic E-state index is 12.9. The second-order valence-electron chi connectivity index (χ2n) is 7.32. The van der Waals surface area contributed by atoms with Gasteiger partial charge in [0.05, 0.1) is 23.8 Å². The van der Waals surface area contributed by atoms with Crippen molar-refractivity contribution in [3.63, 3.8) is 0 Å². The summed E-state index contributed by atoms with van der Waals surface area (Å²) in [5.74, 6) is 2.05. The number of benzene rings is 1. The van der Waals surface area contributed by atoms with E-state index in [9.17, 15) is 8.42 Å². The van der Waals surface area contributed by atoms with Crippen LogP contribution in [0.3, 0.4) is 0 Å². The fourth-order valence-corrected chi connectivity index (χ4v) is 5.26. The number of nitrogens with zero attached hydrogens (tertiary/aromatic N) is 3. The Balaban J connectivity index is 1.34. The zero-order valence-electron chi connectivity index (χ0n) is 15.1. The van der Waals surface area contributed by atoms with E-state index < -0.39 is 15.6 Å². The SMILES string of the molecule is CCOc1ccc(S(=O)(=O)N2CC3(C2)OCc2nc(C4CC4)ncc23)cc1. The van der Waals surface area contributed by atoms with Gasteiger partial charge in [-0.25, -0.2) is 18.4 Å². The van der Waals surface area contributed by atoms with Gasteiger partial charge in [-0.3, -0.25) is 0 Å². The van der Waals surface area contributed by atoms with Crippen molar-refractivity contribution < 1.29 is 17.9 Å². The van der Waals surface area contributed by atoms with E-state index in [1.54, 1.807) is 24.3 Å². The monoisotopic (exact) mass is 387 g/mol. The van der Waals surface area contributed by atoms with E-state index in [4.69, 9.17) is 9.47 Å². The Kier molecular flexibility index (Phi) is 3.79. The van der Waals surface area contributed by atoms with E-state index in [-0.39, 0.29) is 4.90 Å². The zero-order chi connectivity index (χ0) is 18.6. The van der Waals surface area contributed by atoms with Crippen LogP contribution < -0.4 is 4.74 Å². The van der Waals surface area contributed by atoms with Crippen molar-refractivity contribution in [3.8, 4) is 5.75 Å². The molecule has 0 bridgehead atoms. The first-order valence-electron chi connectivity index (χ1n) is 9.25. The quantitative estimate of drug-likeness (QED) is 0.782. The summed E-state index contributed by atoms with van der Waals surface area (Å²) in [4.78, 5) is 9.40. The highest BCUT2D eigenvalue weighted by Gasteiger charge is 2.55. The highest BCUT2D eigenvalue weighted by molar-refractivity contribution is 7.89. The molecule has 0 radical (unpaired) electrons. The van der Waals surface area contributed by atoms with Gasteiger partial charge < -0.3 is 9.47 Å². The Morgan fingerprint density at radius 2 is 2.00 bits per heavy atom. The molecule has 1 aromatic heterocycles. The van der Waals surface area contributed by atoms with E-state index in [1.807, 2.05) is 13.1 Å². The Morgan fingerprint density at radius 3 is 2.67 bits per heavy atom. The number of fused-ring (bicyclic) bond motifs is 2. The molecule has 1 aromatic carbocycles. The Morgan fingerprint density at radius 1 is 1.26 bits per heavy atom. The highest BCUT2D eigenvalue weighted by Crippen LogP contribution is 2.46. The van der Waals surface area contributed by atoms with Crippen LogP contribution in [-0.4, -0.2) is 42.4 Å². The number of hydrogen-bond acceptors (Lipinski definition) is 6. The first-order valence-corrected chi connectivity index (χ1v) is 10.7. The first kappa shape index (κ1) is 17.1. The minimum absolute atomic E-state index is 0.263. The molecule has 2 aliphatic heterocycles. The van der Waals surface area contributed by atoms with Gasteiger partial charge >= 0.3 is 0 Å². The van der Waals surface area contributed by atoms with Crippen molar-refractivity contribution in [2.75, 3.05) is 19.7 Å². The van der Waals surface area contributed by atoms with E-state index in [1.165, 1.54) is 4.31 Å². The maximum absolute atomic E-state index is 12.9. The first-order chi connectivity index (χ1) is 13.0. The van der Waals surface area contributed by atoms with E-state index in [0.717, 1.165) is 29.9 Å². The summed E-state index contributed by atoms with van der Waals surface area (Å²) in [6.45, 7) is 3.45. The molecule has 7 nitrogen and oxygen atoms in total. The lowest BCUT2D eigenvalue weighted by Gasteiger charge is -2.46. The fraction of sp³-hybridized carbons (Fsp3) is 0.474. The topological polar surface area (TPSA) is 81.6 Å². The molecule has 8 heteroatoms. The molecule has 1 aliphatic carbocycles. The molecule has 0 N–H and O–H groups in total. The molecule has 0 atom stereocenters. The van der Waals surface area contributed by atoms with Gasteiger partial charge in [-0.15, -0.1) is 0 Å². The van der Waals surface area contributed by atoms with Crippen LogP contribution in [0.2, 0.25) is 0 Å². The van der Waals surface area contributed by atoms with Crippen molar-refractivity contribution in [3.05, 3.63) is 47.5 Å². The predicted octanol–water partition coefficient (Wildman–Crippen LogP) is 2.18. The summed E-state index contributed by atoms with van der Waals surface area (Å²) >= 11 is 0. The van der Waals surface area contributed by atoms with Gasteiger partial charge in [-0.1, -0.05) is 0 Å². The Hall–Kier alpha value is -2.03. The van der Waals surface area contributed by atoms with Crippen molar-refractivity contribution >= 4 is 10.0 Å². The molecular formula is C19H21N3O4S. The molecule has 27 heavy (non-hydrogen) atoms. The summed E-state index contributed by atoms with van der Waals surface area (Å²) < 4.78 is 38.6. The molecule has 5 rings (SSSR count). The lowest BCUT2D eigenvalue weighted by atomic mass is 9.90. The molecular weight excluding hydrogens is 366 g/mol. The number of aromatic nitrogens is 2. The summed E-state index contributed by atoms with van der Waals surface area (Å²) in [6.07, 6.45) is 4.14.